The highest BCUT2D eigenvalue weighted by Gasteiger charge is 2.50. The molecule has 0 aromatic heterocycles. The van der Waals surface area contributed by atoms with Gasteiger partial charge in [-0.05, 0) is 42.7 Å². The number of amides is 2. The van der Waals surface area contributed by atoms with Crippen LogP contribution in [-0.2, 0) is 25.5 Å². The minimum absolute atomic E-state index is 0.0273. The van der Waals surface area contributed by atoms with Gasteiger partial charge in [0.1, 0.15) is 11.9 Å². The van der Waals surface area contributed by atoms with E-state index in [9.17, 15) is 35.6 Å². The predicted octanol–water partition coefficient (Wildman–Crippen LogP) is 3.69. The molecule has 7 nitrogen and oxygen atoms in total. The van der Waals surface area contributed by atoms with E-state index in [-0.39, 0.29) is 35.4 Å². The molecule has 0 bridgehead atoms. The van der Waals surface area contributed by atoms with Gasteiger partial charge in [0.25, 0.3) is 5.91 Å². The number of benzene rings is 2. The molecular weight excluding hydrogens is 535 g/mol. The van der Waals surface area contributed by atoms with E-state index in [0.717, 1.165) is 12.3 Å². The molecule has 2 fully saturated rings. The number of halogens is 5. The van der Waals surface area contributed by atoms with Gasteiger partial charge in [0, 0.05) is 23.9 Å². The number of hydrogen-bond donors (Lipinski definition) is 1. The van der Waals surface area contributed by atoms with Crippen LogP contribution in [0.5, 0.6) is 0 Å². The molecule has 2 aliphatic rings. The first-order valence-electron chi connectivity index (χ1n) is 11.6. The lowest BCUT2D eigenvalue weighted by Crippen LogP contribution is -2.58. The van der Waals surface area contributed by atoms with Crippen LogP contribution in [0.3, 0.4) is 0 Å². The van der Waals surface area contributed by atoms with Crippen molar-refractivity contribution in [3.05, 3.63) is 65.0 Å². The van der Waals surface area contributed by atoms with Gasteiger partial charge < -0.3 is 15.0 Å². The van der Waals surface area contributed by atoms with Gasteiger partial charge in [0.2, 0.25) is 5.91 Å². The second kappa shape index (κ2) is 9.92. The van der Waals surface area contributed by atoms with Crippen molar-refractivity contribution >= 4 is 21.7 Å². The third kappa shape index (κ3) is 5.53. The molecule has 38 heavy (non-hydrogen) atoms. The Kier molecular flexibility index (Phi) is 7.30. The van der Waals surface area contributed by atoms with Crippen LogP contribution < -0.4 is 5.32 Å². The van der Waals surface area contributed by atoms with Crippen LogP contribution in [0, 0.1) is 11.7 Å². The van der Waals surface area contributed by atoms with Crippen molar-refractivity contribution < 1.29 is 44.7 Å². The van der Waals surface area contributed by atoms with Gasteiger partial charge in [-0.25, -0.2) is 17.2 Å². The molecule has 0 aliphatic carbocycles. The summed E-state index contributed by atoms with van der Waals surface area (Å²) in [5.74, 6) is -2.95. The van der Waals surface area contributed by atoms with Gasteiger partial charge >= 0.3 is 6.18 Å². The summed E-state index contributed by atoms with van der Waals surface area (Å²) in [6.45, 7) is 0.897. The smallest absolute Gasteiger partial charge is 0.374 e. The largest absolute Gasteiger partial charge is 0.416 e. The highest BCUT2D eigenvalue weighted by Crippen LogP contribution is 2.39. The lowest BCUT2D eigenvalue weighted by Gasteiger charge is -2.41. The molecule has 2 aromatic rings. The molecule has 1 N–H and O–H groups in total. The first kappa shape index (κ1) is 28.0. The molecule has 0 spiro atoms. The van der Waals surface area contributed by atoms with Gasteiger partial charge in [-0.15, -0.1) is 0 Å². The molecule has 2 aromatic carbocycles. The fourth-order valence-corrected chi connectivity index (χ4v) is 5.34. The first-order chi connectivity index (χ1) is 17.6. The maximum Gasteiger partial charge on any atom is 0.416 e. The zero-order valence-electron chi connectivity index (χ0n) is 20.4. The summed E-state index contributed by atoms with van der Waals surface area (Å²) >= 11 is 0. The average Bonchev–Trinajstić information content (AvgIpc) is 3.21. The van der Waals surface area contributed by atoms with Crippen molar-refractivity contribution in [2.24, 2.45) is 5.92 Å². The van der Waals surface area contributed by atoms with Gasteiger partial charge in [0.15, 0.2) is 15.5 Å². The zero-order chi connectivity index (χ0) is 28.0. The van der Waals surface area contributed by atoms with E-state index < -0.39 is 75.7 Å². The van der Waals surface area contributed by atoms with E-state index >= 15 is 4.39 Å². The third-order valence-electron chi connectivity index (χ3n) is 6.71. The highest BCUT2D eigenvalue weighted by molar-refractivity contribution is 7.90. The number of rotatable bonds is 6. The topological polar surface area (TPSA) is 92.8 Å². The molecule has 0 radical (unpaired) electrons. The molecular formula is C25H25F5N2O5S. The summed E-state index contributed by atoms with van der Waals surface area (Å²) in [5, 5.41) is 2.40. The molecule has 2 saturated heterocycles. The van der Waals surface area contributed by atoms with Crippen molar-refractivity contribution in [3.63, 3.8) is 0 Å². The molecule has 2 aliphatic heterocycles. The summed E-state index contributed by atoms with van der Waals surface area (Å²) < 4.78 is 98.1. The van der Waals surface area contributed by atoms with Gasteiger partial charge in [-0.1, -0.05) is 19.1 Å². The van der Waals surface area contributed by atoms with Crippen molar-refractivity contribution in [2.75, 3.05) is 26.0 Å². The van der Waals surface area contributed by atoms with E-state index in [1.807, 2.05) is 0 Å². The monoisotopic (exact) mass is 560 g/mol. The Balaban J connectivity index is 1.62. The number of likely N-dealkylation sites (tertiary alicyclic amines) is 1. The van der Waals surface area contributed by atoms with Gasteiger partial charge in [-0.2, -0.15) is 13.2 Å². The Morgan fingerprint density at radius 1 is 1.16 bits per heavy atom. The summed E-state index contributed by atoms with van der Waals surface area (Å²) in [6.07, 6.45) is -3.65. The molecule has 2 amide bonds. The highest BCUT2D eigenvalue weighted by atomic mass is 32.2. The number of carbonyl (C=O) groups is 2. The van der Waals surface area contributed by atoms with Crippen LogP contribution >= 0.6 is 0 Å². The summed E-state index contributed by atoms with van der Waals surface area (Å²) in [5.41, 5.74) is -4.00. The van der Waals surface area contributed by atoms with Crippen LogP contribution in [0.4, 0.5) is 22.0 Å². The second-order valence-corrected chi connectivity index (χ2v) is 11.8. The maximum absolute atomic E-state index is 15.5. The Morgan fingerprint density at radius 2 is 1.84 bits per heavy atom. The number of hydrogen-bond acceptors (Lipinski definition) is 5. The van der Waals surface area contributed by atoms with Crippen molar-refractivity contribution in [1.29, 1.82) is 0 Å². The van der Waals surface area contributed by atoms with E-state index in [4.69, 9.17) is 4.74 Å². The van der Waals surface area contributed by atoms with E-state index in [1.165, 1.54) is 29.2 Å². The number of sulfone groups is 1. The van der Waals surface area contributed by atoms with Crippen LogP contribution in [0.25, 0.3) is 0 Å². The molecule has 206 valence electrons. The number of alkyl halides is 4. The fraction of sp³-hybridized carbons (Fsp3) is 0.440. The normalized spacial score (nSPS) is 22.0. The van der Waals surface area contributed by atoms with Crippen LogP contribution in [-0.4, -0.2) is 62.9 Å². The van der Waals surface area contributed by atoms with Crippen molar-refractivity contribution in [2.45, 2.75) is 42.2 Å². The van der Waals surface area contributed by atoms with E-state index in [2.05, 4.69) is 5.32 Å². The average molecular weight is 561 g/mol. The molecule has 0 unspecified atom stereocenters. The van der Waals surface area contributed by atoms with Gasteiger partial charge in [-0.3, -0.25) is 9.59 Å². The van der Waals surface area contributed by atoms with Crippen molar-refractivity contribution in [3.8, 4) is 0 Å². The Bertz CT molecular complexity index is 1360. The summed E-state index contributed by atoms with van der Waals surface area (Å²) in [4.78, 5) is 27.8. The minimum atomic E-state index is -4.82. The second-order valence-electron chi connectivity index (χ2n) is 9.82. The van der Waals surface area contributed by atoms with Gasteiger partial charge in [0.05, 0.1) is 29.7 Å². The molecule has 0 saturated carbocycles. The summed E-state index contributed by atoms with van der Waals surface area (Å²) in [6, 6.07) is 4.15. The minimum Gasteiger partial charge on any atom is -0.374 e. The molecule has 13 heteroatoms. The lowest BCUT2D eigenvalue weighted by molar-refractivity contribution is -0.155. The maximum atomic E-state index is 15.5. The third-order valence-corrected chi connectivity index (χ3v) is 7.82. The predicted molar refractivity (Wildman–Crippen MR) is 125 cm³/mol. The van der Waals surface area contributed by atoms with Crippen molar-refractivity contribution in [1.82, 2.24) is 10.2 Å². The zero-order valence-corrected chi connectivity index (χ0v) is 21.2. The number of nitrogens with one attached hydrogen (secondary N) is 1. The number of ether oxygens (including phenoxy) is 1. The van der Waals surface area contributed by atoms with E-state index in [0.29, 0.717) is 6.07 Å². The number of carbonyl (C=O) groups excluding carboxylic acids is 2. The Labute approximate surface area is 215 Å². The van der Waals surface area contributed by atoms with Crippen LogP contribution in [0.15, 0.2) is 47.4 Å². The van der Waals surface area contributed by atoms with Crippen LogP contribution in [0.1, 0.15) is 40.9 Å². The van der Waals surface area contributed by atoms with Crippen LogP contribution in [0.2, 0.25) is 0 Å². The Morgan fingerprint density at radius 3 is 2.39 bits per heavy atom. The lowest BCUT2D eigenvalue weighted by atomic mass is 9.87. The van der Waals surface area contributed by atoms with E-state index in [1.54, 1.807) is 6.92 Å². The fourth-order valence-electron chi connectivity index (χ4n) is 4.67. The summed E-state index contributed by atoms with van der Waals surface area (Å²) in [7, 11) is -3.61. The molecule has 4 rings (SSSR count). The Hall–Kier alpha value is -3.06. The molecule has 2 heterocycles. The first-order valence-corrected chi connectivity index (χ1v) is 13.5. The SMILES string of the molecule is C[C@@H]1C[C@H](C(=O)N[C@@H](c2ccc(C(F)(F)F)cc2F)C2(F)COC2)N(C(=O)c2cccc(S(C)(=O)=O)c2)C1. The number of nitrogens with zero attached hydrogens (tertiary/aromatic N) is 1. The standard InChI is InChI=1S/C25H25F5N2O5S/c1-14-8-20(32(11-14)23(34)15-4-3-5-17(9-15)38(2,35)36)22(33)31-21(24(27)12-37-13-24)18-7-6-16(10-19(18)26)25(28,29)30/h3-7,9-10,14,20-21H,8,11-13H2,1-2H3,(H,31,33)/t14-,20-,21+/m1/s1. The molecule has 3 atom stereocenters. The quantitative estimate of drug-likeness (QED) is 0.545.